The van der Waals surface area contributed by atoms with Crippen molar-refractivity contribution in [2.45, 2.75) is 91.9 Å². The van der Waals surface area contributed by atoms with Crippen molar-refractivity contribution in [3.8, 4) is 11.5 Å². The molecule has 2 N–H and O–H groups in total. The maximum Gasteiger partial charge on any atom is 0.313 e. The first-order valence-corrected chi connectivity index (χ1v) is 13.5. The summed E-state index contributed by atoms with van der Waals surface area (Å²) in [4.78, 5) is 25.2. The van der Waals surface area contributed by atoms with E-state index in [2.05, 4.69) is 0 Å². The van der Waals surface area contributed by atoms with Gasteiger partial charge < -0.3 is 24.4 Å². The Bertz CT molecular complexity index is 1080. The monoisotopic (exact) mass is 542 g/mol. The van der Waals surface area contributed by atoms with E-state index in [-0.39, 0.29) is 60.7 Å². The third-order valence-corrected chi connectivity index (χ3v) is 6.91. The Balaban J connectivity index is 1.80. The molecule has 0 aliphatic carbocycles. The number of phenolic OH excluding ortho intramolecular Hbond substituents is 2. The standard InChI is InChI=1S/C32H46O7/c1-19-15-23(17-25(27(19)33)31(5,6)7)21(3)29(35)38-13-11-37-12-14-39-30(36)22(4)24-16-20(2)28(34)26(18-24)32(8,9)10/h15-18,21-22,33-34H,11-14H2,1-10H3. The van der Waals surface area contributed by atoms with Crippen LogP contribution in [0.2, 0.25) is 0 Å². The van der Waals surface area contributed by atoms with Gasteiger partial charge in [-0.1, -0.05) is 65.8 Å². The van der Waals surface area contributed by atoms with Crippen LogP contribution < -0.4 is 0 Å². The topological polar surface area (TPSA) is 102 Å². The maximum absolute atomic E-state index is 12.6. The normalized spacial score (nSPS) is 13.6. The van der Waals surface area contributed by atoms with Crippen LogP contribution in [0.4, 0.5) is 0 Å². The lowest BCUT2D eigenvalue weighted by Crippen LogP contribution is -2.20. The molecule has 7 heteroatoms. The highest BCUT2D eigenvalue weighted by Crippen LogP contribution is 2.37. The van der Waals surface area contributed by atoms with Crippen LogP contribution in [0.3, 0.4) is 0 Å². The molecule has 2 unspecified atom stereocenters. The van der Waals surface area contributed by atoms with Gasteiger partial charge in [0, 0.05) is 0 Å². The molecule has 2 rings (SSSR count). The summed E-state index contributed by atoms with van der Waals surface area (Å²) in [5.74, 6) is -1.22. The second-order valence-electron chi connectivity index (χ2n) is 12.4. The molecule has 0 aliphatic rings. The zero-order valence-electron chi connectivity index (χ0n) is 25.2. The third-order valence-electron chi connectivity index (χ3n) is 6.91. The van der Waals surface area contributed by atoms with Gasteiger partial charge >= 0.3 is 11.9 Å². The van der Waals surface area contributed by atoms with Crippen molar-refractivity contribution in [1.82, 2.24) is 0 Å². The molecule has 0 aromatic heterocycles. The Hall–Kier alpha value is -3.06. The van der Waals surface area contributed by atoms with Crippen LogP contribution in [0.5, 0.6) is 11.5 Å². The fourth-order valence-corrected chi connectivity index (χ4v) is 4.28. The van der Waals surface area contributed by atoms with E-state index in [1.807, 2.05) is 79.7 Å². The predicted molar refractivity (Wildman–Crippen MR) is 153 cm³/mol. The summed E-state index contributed by atoms with van der Waals surface area (Å²) in [6.07, 6.45) is 0. The molecule has 0 aliphatic heterocycles. The highest BCUT2D eigenvalue weighted by Gasteiger charge is 2.26. The molecule has 2 aromatic carbocycles. The van der Waals surface area contributed by atoms with Crippen LogP contribution in [0.25, 0.3) is 0 Å². The number of phenols is 2. The summed E-state index contributed by atoms with van der Waals surface area (Å²) in [5.41, 5.74) is 4.09. The van der Waals surface area contributed by atoms with E-state index < -0.39 is 11.8 Å². The Morgan fingerprint density at radius 1 is 0.667 bits per heavy atom. The number of esters is 2. The molecule has 0 fully saturated rings. The number of aryl methyl sites for hydroxylation is 2. The minimum atomic E-state index is -0.491. The molecule has 0 saturated carbocycles. The van der Waals surface area contributed by atoms with Crippen LogP contribution >= 0.6 is 0 Å². The second kappa shape index (κ2) is 12.9. The van der Waals surface area contributed by atoms with E-state index in [9.17, 15) is 19.8 Å². The Labute approximate surface area is 233 Å². The number of rotatable bonds is 10. The molecule has 0 amide bonds. The van der Waals surface area contributed by atoms with E-state index in [1.165, 1.54) is 0 Å². The molecule has 216 valence electrons. The Morgan fingerprint density at radius 3 is 1.31 bits per heavy atom. The number of aromatic hydroxyl groups is 2. The van der Waals surface area contributed by atoms with Gasteiger partial charge in [-0.05, 0) is 71.9 Å². The van der Waals surface area contributed by atoms with Crippen molar-refractivity contribution in [2.75, 3.05) is 26.4 Å². The van der Waals surface area contributed by atoms with Crippen LogP contribution in [0, 0.1) is 13.8 Å². The lowest BCUT2D eigenvalue weighted by Gasteiger charge is -2.24. The van der Waals surface area contributed by atoms with Crippen molar-refractivity contribution < 1.29 is 34.0 Å². The minimum Gasteiger partial charge on any atom is -0.507 e. The second-order valence-corrected chi connectivity index (χ2v) is 12.4. The Kier molecular flexibility index (Phi) is 10.6. The summed E-state index contributed by atoms with van der Waals surface area (Å²) in [7, 11) is 0. The van der Waals surface area contributed by atoms with Crippen LogP contribution in [0.1, 0.15) is 101 Å². The highest BCUT2D eigenvalue weighted by atomic mass is 16.6. The average molecular weight is 543 g/mol. The Morgan fingerprint density at radius 2 is 1.00 bits per heavy atom. The van der Waals surface area contributed by atoms with Gasteiger partial charge in [-0.15, -0.1) is 0 Å². The van der Waals surface area contributed by atoms with Gasteiger partial charge in [0.05, 0.1) is 25.0 Å². The first-order valence-electron chi connectivity index (χ1n) is 13.5. The summed E-state index contributed by atoms with van der Waals surface area (Å²) < 4.78 is 16.2. The number of ether oxygens (including phenoxy) is 3. The van der Waals surface area contributed by atoms with Crippen LogP contribution in [-0.4, -0.2) is 48.6 Å². The van der Waals surface area contributed by atoms with Crippen molar-refractivity contribution in [1.29, 1.82) is 0 Å². The molecule has 0 spiro atoms. The van der Waals surface area contributed by atoms with E-state index in [4.69, 9.17) is 14.2 Å². The van der Waals surface area contributed by atoms with Crippen molar-refractivity contribution >= 4 is 11.9 Å². The van der Waals surface area contributed by atoms with Crippen molar-refractivity contribution in [3.05, 3.63) is 57.6 Å². The fourth-order valence-electron chi connectivity index (χ4n) is 4.28. The largest absolute Gasteiger partial charge is 0.507 e. The fraction of sp³-hybridized carbons (Fsp3) is 0.562. The van der Waals surface area contributed by atoms with Gasteiger partial charge in [0.15, 0.2) is 0 Å². The zero-order valence-corrected chi connectivity index (χ0v) is 25.2. The van der Waals surface area contributed by atoms with E-state index >= 15 is 0 Å². The molecule has 0 heterocycles. The zero-order chi connectivity index (χ0) is 29.7. The van der Waals surface area contributed by atoms with Crippen molar-refractivity contribution in [3.63, 3.8) is 0 Å². The number of benzene rings is 2. The molecule has 0 bridgehead atoms. The summed E-state index contributed by atoms with van der Waals surface area (Å²) in [5, 5.41) is 20.9. The third kappa shape index (κ3) is 8.46. The van der Waals surface area contributed by atoms with E-state index in [0.717, 1.165) is 33.4 Å². The van der Waals surface area contributed by atoms with Crippen LogP contribution in [-0.2, 0) is 34.6 Å². The number of hydrogen-bond donors (Lipinski definition) is 2. The molecule has 0 saturated heterocycles. The summed E-state index contributed by atoms with van der Waals surface area (Å²) >= 11 is 0. The molecular formula is C32H46O7. The molecule has 2 aromatic rings. The number of carbonyl (C=O) groups is 2. The minimum absolute atomic E-state index is 0.0824. The molecule has 2 atom stereocenters. The first kappa shape index (κ1) is 32.2. The number of hydrogen-bond acceptors (Lipinski definition) is 7. The van der Waals surface area contributed by atoms with E-state index in [0.29, 0.717) is 0 Å². The van der Waals surface area contributed by atoms with Gasteiger partial charge in [-0.3, -0.25) is 9.59 Å². The quantitative estimate of drug-likeness (QED) is 0.267. The lowest BCUT2D eigenvalue weighted by atomic mass is 9.82. The highest BCUT2D eigenvalue weighted by molar-refractivity contribution is 5.78. The van der Waals surface area contributed by atoms with Gasteiger partial charge in [0.1, 0.15) is 24.7 Å². The van der Waals surface area contributed by atoms with Gasteiger partial charge in [0.2, 0.25) is 0 Å². The number of carbonyl (C=O) groups excluding carboxylic acids is 2. The van der Waals surface area contributed by atoms with Gasteiger partial charge in [0.25, 0.3) is 0 Å². The SMILES string of the molecule is Cc1cc(C(C)C(=O)OCCOCCOC(=O)C(C)c2cc(C)c(O)c(C(C)(C)C)c2)cc(C(C)(C)C)c1O. The maximum atomic E-state index is 12.6. The summed E-state index contributed by atoms with van der Waals surface area (Å²) in [6, 6.07) is 7.35. The lowest BCUT2D eigenvalue weighted by molar-refractivity contribution is -0.148. The van der Waals surface area contributed by atoms with Gasteiger partial charge in [-0.25, -0.2) is 0 Å². The van der Waals surface area contributed by atoms with Crippen LogP contribution in [0.15, 0.2) is 24.3 Å². The first-order chi connectivity index (χ1) is 17.9. The smallest absolute Gasteiger partial charge is 0.313 e. The van der Waals surface area contributed by atoms with E-state index in [1.54, 1.807) is 13.8 Å². The molecule has 39 heavy (non-hydrogen) atoms. The van der Waals surface area contributed by atoms with Crippen molar-refractivity contribution in [2.24, 2.45) is 0 Å². The predicted octanol–water partition coefficient (Wildman–Crippen LogP) is 6.32. The molecule has 7 nitrogen and oxygen atoms in total. The summed E-state index contributed by atoms with van der Waals surface area (Å²) in [6.45, 7) is 19.8. The average Bonchev–Trinajstić information content (AvgIpc) is 2.83. The molecule has 0 radical (unpaired) electrons. The molecular weight excluding hydrogens is 496 g/mol. The van der Waals surface area contributed by atoms with Gasteiger partial charge in [-0.2, -0.15) is 0 Å².